The number of hydrogen-bond donors (Lipinski definition) is 4. The third kappa shape index (κ3) is 5.35. The molecule has 14 nitrogen and oxygen atoms in total. The zero-order chi connectivity index (χ0) is 27.9. The summed E-state index contributed by atoms with van der Waals surface area (Å²) in [5, 5.41) is 24.7. The highest BCUT2D eigenvalue weighted by atomic mass is 32.7. The van der Waals surface area contributed by atoms with Gasteiger partial charge in [0.15, 0.2) is 17.4 Å². The van der Waals surface area contributed by atoms with E-state index in [0.29, 0.717) is 0 Å². The van der Waals surface area contributed by atoms with Crippen molar-refractivity contribution in [2.45, 2.75) is 50.0 Å². The summed E-state index contributed by atoms with van der Waals surface area (Å²) in [4.78, 5) is 25.0. The highest BCUT2D eigenvalue weighted by Gasteiger charge is 2.54. The number of nitrogens with two attached hydrogens (primary N) is 1. The minimum Gasteiger partial charge on any atom is -0.479 e. The van der Waals surface area contributed by atoms with Crippen LogP contribution in [-0.4, -0.2) is 79.0 Å². The standard InChI is InChI=1S/C23H29N6O8PS/c1-12(13-7-5-4-6-8-13)36-20(31)14-10-39-38(33,28-14)35-9-15-17(30)23(2,32)21(37-15)29-11-25-16-18(29)26-22(24)27-19(16)34-3/h4-8,11-12,14-15,17,21,30,32H,9-10H2,1-3H3,(H,28,33)(H2,24,26,27)/t12-,14-,15+,17+,21+,23+,38?/m0/s1. The Kier molecular flexibility index (Phi) is 7.59. The Bertz CT molecular complexity index is 1410. The quantitative estimate of drug-likeness (QED) is 0.221. The molecule has 4 heterocycles. The molecule has 0 spiro atoms. The molecule has 5 rings (SSSR count). The van der Waals surface area contributed by atoms with Gasteiger partial charge in [0.1, 0.15) is 30.0 Å². The second-order valence-corrected chi connectivity index (χ2v) is 13.7. The molecule has 1 unspecified atom stereocenters. The van der Waals surface area contributed by atoms with Crippen molar-refractivity contribution in [2.75, 3.05) is 25.2 Å². The van der Waals surface area contributed by atoms with Crippen molar-refractivity contribution in [3.63, 3.8) is 0 Å². The molecule has 16 heteroatoms. The predicted octanol–water partition coefficient (Wildman–Crippen LogP) is 1.56. The summed E-state index contributed by atoms with van der Waals surface area (Å²) in [5.74, 6) is -0.310. The molecule has 0 amide bonds. The Labute approximate surface area is 227 Å². The first-order valence-corrected chi connectivity index (χ1v) is 15.3. The van der Waals surface area contributed by atoms with Crippen LogP contribution < -0.4 is 15.6 Å². The molecular weight excluding hydrogens is 551 g/mol. The molecule has 3 aromatic rings. The number of carbonyl (C=O) groups excluding carboxylic acids is 1. The average Bonchev–Trinajstić information content (AvgIpc) is 3.57. The SMILES string of the molecule is COc1nc(N)nc2c1ncn2[C@@H]1O[C@H](COP2(=O)N[C@H](C(=O)O[C@@H](C)c3ccccc3)CS2)[C@@H](O)[C@@]1(C)O. The molecule has 1 aromatic carbocycles. The van der Waals surface area contributed by atoms with Crippen LogP contribution in [0.3, 0.4) is 0 Å². The van der Waals surface area contributed by atoms with Crippen molar-refractivity contribution in [3.05, 3.63) is 42.2 Å². The van der Waals surface area contributed by atoms with E-state index in [4.69, 9.17) is 24.5 Å². The van der Waals surface area contributed by atoms with E-state index in [-0.39, 0.29) is 35.4 Å². The van der Waals surface area contributed by atoms with Gasteiger partial charge in [0.25, 0.3) is 0 Å². The maximum atomic E-state index is 13.3. The highest BCUT2D eigenvalue weighted by molar-refractivity contribution is 8.56. The lowest BCUT2D eigenvalue weighted by Crippen LogP contribution is -2.44. The Morgan fingerprint density at radius 3 is 2.85 bits per heavy atom. The van der Waals surface area contributed by atoms with Gasteiger partial charge in [-0.2, -0.15) is 9.97 Å². The summed E-state index contributed by atoms with van der Waals surface area (Å²) >= 11 is 0.956. The van der Waals surface area contributed by atoms with E-state index < -0.39 is 48.9 Å². The Balaban J connectivity index is 1.23. The van der Waals surface area contributed by atoms with Crippen LogP contribution in [0.1, 0.15) is 31.7 Å². The molecule has 210 valence electrons. The van der Waals surface area contributed by atoms with Crippen LogP contribution in [0, 0.1) is 0 Å². The fraction of sp³-hybridized carbons (Fsp3) is 0.478. The molecule has 7 atom stereocenters. The zero-order valence-corrected chi connectivity index (χ0v) is 23.0. The molecule has 0 saturated carbocycles. The normalized spacial score (nSPS) is 31.4. The van der Waals surface area contributed by atoms with E-state index in [1.54, 1.807) is 6.92 Å². The second-order valence-electron chi connectivity index (χ2n) is 9.37. The first-order chi connectivity index (χ1) is 18.5. The Morgan fingerprint density at radius 2 is 2.13 bits per heavy atom. The number of aliphatic hydroxyl groups excluding tert-OH is 1. The van der Waals surface area contributed by atoms with E-state index in [2.05, 4.69) is 20.0 Å². The minimum atomic E-state index is -3.53. The number of rotatable bonds is 8. The first-order valence-electron chi connectivity index (χ1n) is 12.0. The van der Waals surface area contributed by atoms with Gasteiger partial charge in [0.2, 0.25) is 11.8 Å². The topological polar surface area (TPSA) is 193 Å². The van der Waals surface area contributed by atoms with Crippen LogP contribution in [0.2, 0.25) is 0 Å². The zero-order valence-electron chi connectivity index (χ0n) is 21.3. The number of ether oxygens (including phenoxy) is 3. The number of benzene rings is 1. The number of fused-ring (bicyclic) bond motifs is 1. The number of nitrogens with one attached hydrogen (secondary N) is 1. The van der Waals surface area contributed by atoms with Crippen molar-refractivity contribution in [2.24, 2.45) is 0 Å². The molecule has 0 aliphatic carbocycles. The largest absolute Gasteiger partial charge is 0.479 e. The summed E-state index contributed by atoms with van der Waals surface area (Å²) in [5.41, 5.74) is 5.33. The van der Waals surface area contributed by atoms with E-state index in [0.717, 1.165) is 16.9 Å². The number of nitrogen functional groups attached to an aromatic ring is 1. The molecule has 2 aliphatic rings. The lowest BCUT2D eigenvalue weighted by molar-refractivity contribution is -0.150. The van der Waals surface area contributed by atoms with Crippen LogP contribution in [0.15, 0.2) is 36.7 Å². The van der Waals surface area contributed by atoms with Crippen LogP contribution in [0.4, 0.5) is 5.95 Å². The van der Waals surface area contributed by atoms with E-state index in [1.165, 1.54) is 24.9 Å². The smallest absolute Gasteiger partial charge is 0.327 e. The summed E-state index contributed by atoms with van der Waals surface area (Å²) in [6.07, 6.45) is -2.75. The van der Waals surface area contributed by atoms with Gasteiger partial charge in [0, 0.05) is 5.75 Å². The van der Waals surface area contributed by atoms with Crippen molar-refractivity contribution < 1.29 is 38.3 Å². The molecular formula is C23H29N6O8PS. The third-order valence-electron chi connectivity index (χ3n) is 6.59. The number of esters is 1. The first kappa shape index (κ1) is 27.8. The molecule has 0 radical (unpaired) electrons. The number of aliphatic hydroxyl groups is 2. The van der Waals surface area contributed by atoms with Crippen LogP contribution in [-0.2, 0) is 23.4 Å². The van der Waals surface area contributed by atoms with Crippen molar-refractivity contribution in [1.82, 2.24) is 24.6 Å². The second kappa shape index (κ2) is 10.7. The summed E-state index contributed by atoms with van der Waals surface area (Å²) in [6, 6.07) is 8.43. The molecule has 5 N–H and O–H groups in total. The van der Waals surface area contributed by atoms with Gasteiger partial charge in [-0.1, -0.05) is 41.7 Å². The molecule has 0 bridgehead atoms. The number of hydrogen-bond acceptors (Lipinski definition) is 13. The van der Waals surface area contributed by atoms with Crippen LogP contribution >= 0.6 is 18.1 Å². The van der Waals surface area contributed by atoms with Gasteiger partial charge >= 0.3 is 12.7 Å². The lowest BCUT2D eigenvalue weighted by atomic mass is 9.96. The minimum absolute atomic E-state index is 0.0761. The number of imidazole rings is 1. The van der Waals surface area contributed by atoms with Gasteiger partial charge in [-0.15, -0.1) is 0 Å². The number of aromatic nitrogens is 4. The lowest BCUT2D eigenvalue weighted by Gasteiger charge is -2.27. The molecule has 2 aromatic heterocycles. The van der Waals surface area contributed by atoms with Gasteiger partial charge in [-0.3, -0.25) is 13.9 Å². The predicted molar refractivity (Wildman–Crippen MR) is 141 cm³/mol. The van der Waals surface area contributed by atoms with Crippen LogP contribution in [0.25, 0.3) is 11.2 Å². The summed E-state index contributed by atoms with van der Waals surface area (Å²) in [7, 11) is 1.41. The average molecular weight is 581 g/mol. The van der Waals surface area contributed by atoms with Gasteiger partial charge in [-0.05, 0) is 19.4 Å². The van der Waals surface area contributed by atoms with E-state index in [1.807, 2.05) is 30.3 Å². The fourth-order valence-electron chi connectivity index (χ4n) is 4.45. The maximum Gasteiger partial charge on any atom is 0.327 e. The Hall–Kier alpha value is -2.78. The third-order valence-corrected chi connectivity index (χ3v) is 10.6. The van der Waals surface area contributed by atoms with Crippen molar-refractivity contribution in [3.8, 4) is 5.88 Å². The molecule has 2 saturated heterocycles. The van der Waals surface area contributed by atoms with Gasteiger partial charge < -0.3 is 34.7 Å². The van der Waals surface area contributed by atoms with E-state index >= 15 is 0 Å². The molecule has 2 aliphatic heterocycles. The molecule has 2 fully saturated rings. The molecule has 39 heavy (non-hydrogen) atoms. The maximum absolute atomic E-state index is 13.3. The van der Waals surface area contributed by atoms with Gasteiger partial charge in [-0.25, -0.2) is 10.1 Å². The summed E-state index contributed by atoms with van der Waals surface area (Å²) < 4.78 is 37.0. The van der Waals surface area contributed by atoms with Crippen molar-refractivity contribution in [1.29, 1.82) is 0 Å². The van der Waals surface area contributed by atoms with Crippen molar-refractivity contribution >= 4 is 41.2 Å². The number of anilines is 1. The number of carbonyl (C=O) groups is 1. The highest BCUT2D eigenvalue weighted by Crippen LogP contribution is 2.61. The monoisotopic (exact) mass is 580 g/mol. The summed E-state index contributed by atoms with van der Waals surface area (Å²) in [6.45, 7) is -0.719. The Morgan fingerprint density at radius 1 is 1.38 bits per heavy atom. The number of methoxy groups -OCH3 is 1. The number of nitrogens with zero attached hydrogens (tertiary/aromatic N) is 4. The van der Waals surface area contributed by atoms with E-state index in [9.17, 15) is 19.6 Å². The van der Waals surface area contributed by atoms with Crippen LogP contribution in [0.5, 0.6) is 5.88 Å². The fourth-order valence-corrected chi connectivity index (χ4v) is 8.33. The van der Waals surface area contributed by atoms with Gasteiger partial charge in [0.05, 0.1) is 20.0 Å².